The van der Waals surface area contributed by atoms with Crippen LogP contribution in [0.15, 0.2) is 12.3 Å². The highest BCUT2D eigenvalue weighted by molar-refractivity contribution is 5.90. The van der Waals surface area contributed by atoms with E-state index >= 15 is 0 Å². The first-order valence-electron chi connectivity index (χ1n) is 7.26. The highest BCUT2D eigenvalue weighted by Gasteiger charge is 2.24. The first kappa shape index (κ1) is 16.2. The summed E-state index contributed by atoms with van der Waals surface area (Å²) < 4.78 is 4.56. The second-order valence-corrected chi connectivity index (χ2v) is 5.19. The average molecular weight is 308 g/mol. The van der Waals surface area contributed by atoms with Gasteiger partial charge in [-0.15, -0.1) is 0 Å². The molecule has 0 amide bonds. The largest absolute Gasteiger partial charge is 0.465 e. The number of hydrogen-bond acceptors (Lipinski definition) is 7. The van der Waals surface area contributed by atoms with Crippen LogP contribution in [0.2, 0.25) is 0 Å². The number of anilines is 1. The quantitative estimate of drug-likeness (QED) is 0.502. The number of likely N-dealkylation sites (tertiary alicyclic amines) is 1. The number of hydrogen-bond donors (Lipinski definition) is 1. The van der Waals surface area contributed by atoms with Gasteiger partial charge in [0.1, 0.15) is 0 Å². The molecule has 1 aliphatic rings. The van der Waals surface area contributed by atoms with Crippen LogP contribution >= 0.6 is 0 Å². The molecule has 120 valence electrons. The topological polar surface area (TPSA) is 97.6 Å². The third-order valence-electron chi connectivity index (χ3n) is 3.86. The van der Waals surface area contributed by atoms with E-state index in [0.717, 1.165) is 32.5 Å². The van der Waals surface area contributed by atoms with Crippen molar-refractivity contribution in [3.63, 3.8) is 0 Å². The van der Waals surface area contributed by atoms with E-state index in [1.807, 2.05) is 0 Å². The van der Waals surface area contributed by atoms with Crippen molar-refractivity contribution >= 4 is 17.5 Å². The zero-order valence-electron chi connectivity index (χ0n) is 12.7. The molecule has 1 aliphatic heterocycles. The van der Waals surface area contributed by atoms with Crippen molar-refractivity contribution in [2.45, 2.75) is 25.8 Å². The maximum absolute atomic E-state index is 11.4. The Morgan fingerprint density at radius 3 is 2.77 bits per heavy atom. The lowest BCUT2D eigenvalue weighted by molar-refractivity contribution is -0.384. The van der Waals surface area contributed by atoms with Gasteiger partial charge in [-0.3, -0.25) is 10.1 Å². The van der Waals surface area contributed by atoms with Crippen molar-refractivity contribution in [1.82, 2.24) is 9.88 Å². The molecule has 0 bridgehead atoms. The molecule has 22 heavy (non-hydrogen) atoms. The Kier molecular flexibility index (Phi) is 5.26. The molecule has 8 heteroatoms. The van der Waals surface area contributed by atoms with Crippen LogP contribution in [0, 0.1) is 10.1 Å². The fraction of sp³-hybridized carbons (Fsp3) is 0.571. The summed E-state index contributed by atoms with van der Waals surface area (Å²) >= 11 is 0. The van der Waals surface area contributed by atoms with Crippen LogP contribution in [0.5, 0.6) is 0 Å². The average Bonchev–Trinajstić information content (AvgIpc) is 2.55. The molecular weight excluding hydrogens is 288 g/mol. The van der Waals surface area contributed by atoms with Crippen LogP contribution in [-0.4, -0.2) is 53.6 Å². The highest BCUT2D eigenvalue weighted by atomic mass is 16.6. The third-order valence-corrected chi connectivity index (χ3v) is 3.86. The van der Waals surface area contributed by atoms with Crippen LogP contribution in [0.3, 0.4) is 0 Å². The maximum atomic E-state index is 11.4. The van der Waals surface area contributed by atoms with Gasteiger partial charge in [0, 0.05) is 31.4 Å². The summed E-state index contributed by atoms with van der Waals surface area (Å²) in [7, 11) is 1.22. The van der Waals surface area contributed by atoms with Gasteiger partial charge in [-0.1, -0.05) is 6.92 Å². The van der Waals surface area contributed by atoms with Gasteiger partial charge in [0.25, 0.3) is 0 Å². The molecule has 0 unspecified atom stereocenters. The maximum Gasteiger partial charge on any atom is 0.339 e. The van der Waals surface area contributed by atoms with Crippen LogP contribution in [0.4, 0.5) is 11.5 Å². The molecule has 1 N–H and O–H groups in total. The Morgan fingerprint density at radius 1 is 1.55 bits per heavy atom. The summed E-state index contributed by atoms with van der Waals surface area (Å²) in [6, 6.07) is 1.35. The number of ether oxygens (including phenoxy) is 1. The lowest BCUT2D eigenvalue weighted by Gasteiger charge is -2.31. The molecule has 2 rings (SSSR count). The number of nitrogens with zero attached hydrogens (tertiary/aromatic N) is 3. The number of nitro groups is 1. The summed E-state index contributed by atoms with van der Waals surface area (Å²) in [6.45, 7) is 5.05. The van der Waals surface area contributed by atoms with E-state index in [2.05, 4.69) is 26.9 Å². The molecule has 1 aromatic heterocycles. The fourth-order valence-corrected chi connectivity index (χ4v) is 2.52. The van der Waals surface area contributed by atoms with Crippen molar-refractivity contribution in [2.75, 3.05) is 32.1 Å². The number of carbonyl (C=O) groups is 1. The summed E-state index contributed by atoms with van der Waals surface area (Å²) in [4.78, 5) is 28.5. The number of piperidine rings is 1. The summed E-state index contributed by atoms with van der Waals surface area (Å²) in [5.74, 6) is -0.439. The minimum atomic E-state index is -0.640. The Balaban J connectivity index is 2.13. The first-order valence-corrected chi connectivity index (χ1v) is 7.26. The number of aromatic nitrogens is 1. The molecule has 2 heterocycles. The monoisotopic (exact) mass is 308 g/mol. The predicted octanol–water partition coefficient (Wildman–Crippen LogP) is 1.67. The Bertz CT molecular complexity index is 556. The van der Waals surface area contributed by atoms with Gasteiger partial charge in [0.15, 0.2) is 0 Å². The SMILES string of the molecule is CCN1CCC(Nc2ncc(C(=O)OC)cc2[N+](=O)[O-])CC1. The number of carbonyl (C=O) groups excluding carboxylic acids is 1. The van der Waals surface area contributed by atoms with Gasteiger partial charge in [0.2, 0.25) is 5.82 Å². The molecule has 0 spiro atoms. The summed E-state index contributed by atoms with van der Waals surface area (Å²) in [5.41, 5.74) is -0.138. The molecule has 1 fully saturated rings. The standard InChI is InChI=1S/C14H20N4O4/c1-3-17-6-4-11(5-7-17)16-13-12(18(20)21)8-10(9-15-13)14(19)22-2/h8-9,11H,3-7H2,1-2H3,(H,15,16). The van der Waals surface area contributed by atoms with Crippen LogP contribution in [-0.2, 0) is 4.74 Å². The van der Waals surface area contributed by atoms with Crippen molar-refractivity contribution < 1.29 is 14.5 Å². The van der Waals surface area contributed by atoms with Gasteiger partial charge in [-0.25, -0.2) is 9.78 Å². The minimum absolute atomic E-state index is 0.0700. The molecule has 0 radical (unpaired) electrons. The molecule has 8 nitrogen and oxygen atoms in total. The zero-order chi connectivity index (χ0) is 16.1. The van der Waals surface area contributed by atoms with Gasteiger partial charge >= 0.3 is 11.7 Å². The number of esters is 1. The Hall–Kier alpha value is -2.22. The lowest BCUT2D eigenvalue weighted by atomic mass is 10.1. The normalized spacial score (nSPS) is 16.3. The van der Waals surface area contributed by atoms with Crippen molar-refractivity contribution in [3.8, 4) is 0 Å². The number of nitrogens with one attached hydrogen (secondary N) is 1. The van der Waals surface area contributed by atoms with Gasteiger partial charge < -0.3 is 15.0 Å². The van der Waals surface area contributed by atoms with Crippen molar-refractivity contribution in [1.29, 1.82) is 0 Å². The minimum Gasteiger partial charge on any atom is -0.465 e. The Morgan fingerprint density at radius 2 is 2.23 bits per heavy atom. The molecular formula is C14H20N4O4. The molecule has 1 saturated heterocycles. The lowest BCUT2D eigenvalue weighted by Crippen LogP contribution is -2.39. The Labute approximate surface area is 128 Å². The van der Waals surface area contributed by atoms with Crippen molar-refractivity contribution in [3.05, 3.63) is 27.9 Å². The van der Waals surface area contributed by atoms with Crippen LogP contribution in [0.25, 0.3) is 0 Å². The van der Waals surface area contributed by atoms with E-state index in [1.165, 1.54) is 19.4 Å². The molecule has 0 saturated carbocycles. The zero-order valence-corrected chi connectivity index (χ0v) is 12.7. The van der Waals surface area contributed by atoms with E-state index in [4.69, 9.17) is 0 Å². The second-order valence-electron chi connectivity index (χ2n) is 5.19. The number of rotatable bonds is 5. The van der Waals surface area contributed by atoms with E-state index in [9.17, 15) is 14.9 Å². The predicted molar refractivity (Wildman–Crippen MR) is 81.0 cm³/mol. The van der Waals surface area contributed by atoms with Crippen LogP contribution < -0.4 is 5.32 Å². The van der Waals surface area contributed by atoms with Gasteiger partial charge in [0.05, 0.1) is 17.6 Å². The van der Waals surface area contributed by atoms with Crippen LogP contribution in [0.1, 0.15) is 30.1 Å². The van der Waals surface area contributed by atoms with E-state index < -0.39 is 10.9 Å². The van der Waals surface area contributed by atoms with E-state index in [-0.39, 0.29) is 23.1 Å². The van der Waals surface area contributed by atoms with Gasteiger partial charge in [-0.2, -0.15) is 0 Å². The smallest absolute Gasteiger partial charge is 0.339 e. The molecule has 0 aromatic carbocycles. The molecule has 0 atom stereocenters. The fourth-order valence-electron chi connectivity index (χ4n) is 2.52. The molecule has 0 aliphatic carbocycles. The second kappa shape index (κ2) is 7.17. The summed E-state index contributed by atoms with van der Waals surface area (Å²) in [6.07, 6.45) is 3.11. The highest BCUT2D eigenvalue weighted by Crippen LogP contribution is 2.25. The summed E-state index contributed by atoms with van der Waals surface area (Å²) in [5, 5.41) is 14.3. The third kappa shape index (κ3) is 3.70. The van der Waals surface area contributed by atoms with E-state index in [0.29, 0.717) is 0 Å². The number of pyridine rings is 1. The van der Waals surface area contributed by atoms with E-state index in [1.54, 1.807) is 0 Å². The number of methoxy groups -OCH3 is 1. The van der Waals surface area contributed by atoms with Gasteiger partial charge in [-0.05, 0) is 19.4 Å². The van der Waals surface area contributed by atoms with Crippen molar-refractivity contribution in [2.24, 2.45) is 0 Å². The first-order chi connectivity index (χ1) is 10.5. The molecule has 1 aromatic rings.